The van der Waals surface area contributed by atoms with Crippen molar-refractivity contribution in [3.05, 3.63) is 95.1 Å². The number of carbonyl (C=O) groups excluding carboxylic acids is 1. The van der Waals surface area contributed by atoms with Crippen LogP contribution in [0.1, 0.15) is 39.8 Å². The average molecular weight is 404 g/mol. The summed E-state index contributed by atoms with van der Waals surface area (Å²) in [5.74, 6) is -0.671. The first-order chi connectivity index (χ1) is 14.4. The maximum absolute atomic E-state index is 12.8. The van der Waals surface area contributed by atoms with E-state index < -0.39 is 12.1 Å². The Morgan fingerprint density at radius 1 is 1.13 bits per heavy atom. The quantitative estimate of drug-likeness (QED) is 0.546. The zero-order chi connectivity index (χ0) is 21.5. The number of nitrogens with zero attached hydrogens (tertiary/aromatic N) is 2. The van der Waals surface area contributed by atoms with Crippen LogP contribution < -0.4 is 0 Å². The SMILES string of the molecule is Cc1ccc(C(=O)c2nccn2Cc2ccc(C=CCO[C@H](C)C(=O)O)cc2)cc1. The van der Waals surface area contributed by atoms with Crippen LogP contribution >= 0.6 is 0 Å². The number of carbonyl (C=O) groups is 2. The number of hydrogen-bond donors (Lipinski definition) is 1. The number of carboxylic acid groups (broad SMARTS) is 1. The highest BCUT2D eigenvalue weighted by Crippen LogP contribution is 2.13. The van der Waals surface area contributed by atoms with E-state index in [0.29, 0.717) is 17.9 Å². The largest absolute Gasteiger partial charge is 0.479 e. The van der Waals surface area contributed by atoms with E-state index in [-0.39, 0.29) is 12.4 Å². The van der Waals surface area contributed by atoms with Gasteiger partial charge in [0.1, 0.15) is 0 Å². The molecule has 0 saturated carbocycles. The summed E-state index contributed by atoms with van der Waals surface area (Å²) >= 11 is 0. The second-order valence-electron chi connectivity index (χ2n) is 7.03. The van der Waals surface area contributed by atoms with E-state index in [4.69, 9.17) is 9.84 Å². The smallest absolute Gasteiger partial charge is 0.332 e. The molecule has 1 N–H and O–H groups in total. The van der Waals surface area contributed by atoms with Crippen LogP contribution in [-0.4, -0.2) is 39.1 Å². The summed E-state index contributed by atoms with van der Waals surface area (Å²) in [4.78, 5) is 27.7. The molecule has 1 aromatic heterocycles. The Hall–Kier alpha value is -3.51. The highest BCUT2D eigenvalue weighted by molar-refractivity contribution is 6.06. The fourth-order valence-electron chi connectivity index (χ4n) is 2.87. The molecular formula is C24H24N2O4. The van der Waals surface area contributed by atoms with E-state index in [1.54, 1.807) is 18.5 Å². The Morgan fingerprint density at radius 2 is 1.83 bits per heavy atom. The zero-order valence-corrected chi connectivity index (χ0v) is 17.0. The maximum Gasteiger partial charge on any atom is 0.332 e. The fourth-order valence-corrected chi connectivity index (χ4v) is 2.87. The second kappa shape index (κ2) is 9.80. The minimum absolute atomic E-state index is 0.102. The van der Waals surface area contributed by atoms with Crippen molar-refractivity contribution < 1.29 is 19.4 Å². The molecule has 6 nitrogen and oxygen atoms in total. The standard InChI is InChI=1S/C24H24N2O4/c1-17-5-11-21(12-6-17)22(27)23-25-13-14-26(23)16-20-9-7-19(8-10-20)4-3-15-30-18(2)24(28)29/h3-14,18H,15-16H2,1-2H3,(H,28,29)/t18-/m1/s1. The molecule has 1 heterocycles. The minimum atomic E-state index is -0.979. The van der Waals surface area contributed by atoms with E-state index in [0.717, 1.165) is 16.7 Å². The van der Waals surface area contributed by atoms with Crippen LogP contribution in [-0.2, 0) is 16.1 Å². The van der Waals surface area contributed by atoms with Crippen LogP contribution in [0.25, 0.3) is 6.08 Å². The number of rotatable bonds is 9. The third-order valence-electron chi connectivity index (χ3n) is 4.67. The van der Waals surface area contributed by atoms with Gasteiger partial charge >= 0.3 is 5.97 Å². The van der Waals surface area contributed by atoms with Crippen molar-refractivity contribution in [3.63, 3.8) is 0 Å². The lowest BCUT2D eigenvalue weighted by molar-refractivity contribution is -0.148. The van der Waals surface area contributed by atoms with Crippen molar-refractivity contribution in [2.45, 2.75) is 26.5 Å². The number of aryl methyl sites for hydroxylation is 1. The van der Waals surface area contributed by atoms with Crippen LogP contribution in [0.5, 0.6) is 0 Å². The van der Waals surface area contributed by atoms with Crippen molar-refractivity contribution in [2.75, 3.05) is 6.61 Å². The summed E-state index contributed by atoms with van der Waals surface area (Å²) < 4.78 is 7.01. The number of imidazole rings is 1. The normalized spacial score (nSPS) is 12.2. The molecule has 3 aromatic rings. The van der Waals surface area contributed by atoms with Gasteiger partial charge in [0.2, 0.25) is 5.78 Å². The van der Waals surface area contributed by atoms with Crippen LogP contribution in [0.15, 0.2) is 67.0 Å². The first-order valence-corrected chi connectivity index (χ1v) is 9.66. The number of aliphatic carboxylic acids is 1. The van der Waals surface area contributed by atoms with Gasteiger partial charge in [0, 0.05) is 24.5 Å². The van der Waals surface area contributed by atoms with Gasteiger partial charge < -0.3 is 14.4 Å². The van der Waals surface area contributed by atoms with E-state index in [2.05, 4.69) is 4.98 Å². The first kappa shape index (κ1) is 21.2. The Labute approximate surface area is 175 Å². The van der Waals surface area contributed by atoms with Crippen molar-refractivity contribution in [1.29, 1.82) is 0 Å². The van der Waals surface area contributed by atoms with Crippen LogP contribution in [0.2, 0.25) is 0 Å². The van der Waals surface area contributed by atoms with Gasteiger partial charge in [-0.3, -0.25) is 4.79 Å². The van der Waals surface area contributed by atoms with Crippen molar-refractivity contribution in [2.24, 2.45) is 0 Å². The molecule has 0 aliphatic rings. The van der Waals surface area contributed by atoms with E-state index >= 15 is 0 Å². The van der Waals surface area contributed by atoms with Gasteiger partial charge in [-0.1, -0.05) is 66.2 Å². The van der Waals surface area contributed by atoms with Gasteiger partial charge in [0.05, 0.1) is 6.61 Å². The zero-order valence-electron chi connectivity index (χ0n) is 17.0. The Bertz CT molecular complexity index is 1030. The van der Waals surface area contributed by atoms with E-state index in [1.165, 1.54) is 6.92 Å². The molecule has 6 heteroatoms. The first-order valence-electron chi connectivity index (χ1n) is 9.66. The molecule has 0 fully saturated rings. The molecule has 0 saturated heterocycles. The van der Waals surface area contributed by atoms with E-state index in [9.17, 15) is 9.59 Å². The molecule has 0 bridgehead atoms. The number of hydrogen-bond acceptors (Lipinski definition) is 4. The summed E-state index contributed by atoms with van der Waals surface area (Å²) in [5, 5.41) is 8.79. The molecule has 0 unspecified atom stereocenters. The number of carboxylic acids is 1. The monoisotopic (exact) mass is 404 g/mol. The highest BCUT2D eigenvalue weighted by Gasteiger charge is 2.15. The van der Waals surface area contributed by atoms with E-state index in [1.807, 2.05) is 66.1 Å². The molecule has 154 valence electrons. The summed E-state index contributed by atoms with van der Waals surface area (Å²) in [6.07, 6.45) is 6.27. The molecule has 3 rings (SSSR count). The Kier molecular flexibility index (Phi) is 6.93. The molecule has 0 amide bonds. The predicted molar refractivity (Wildman–Crippen MR) is 114 cm³/mol. The van der Waals surface area contributed by atoms with Gasteiger partial charge in [0.25, 0.3) is 0 Å². The second-order valence-corrected chi connectivity index (χ2v) is 7.03. The van der Waals surface area contributed by atoms with Gasteiger partial charge in [-0.15, -0.1) is 0 Å². The molecule has 0 radical (unpaired) electrons. The molecule has 0 aliphatic carbocycles. The predicted octanol–water partition coefficient (Wildman–Crippen LogP) is 3.97. The summed E-state index contributed by atoms with van der Waals surface area (Å²) in [6, 6.07) is 15.4. The molecule has 2 aromatic carbocycles. The highest BCUT2D eigenvalue weighted by atomic mass is 16.5. The van der Waals surface area contributed by atoms with Gasteiger partial charge in [-0.05, 0) is 25.0 Å². The molecule has 0 spiro atoms. The average Bonchev–Trinajstić information content (AvgIpc) is 3.20. The number of ether oxygens (including phenoxy) is 1. The molecule has 1 atom stereocenters. The van der Waals surface area contributed by atoms with Crippen LogP contribution in [0, 0.1) is 6.92 Å². The molecular weight excluding hydrogens is 380 g/mol. The Morgan fingerprint density at radius 3 is 2.50 bits per heavy atom. The maximum atomic E-state index is 12.8. The molecule has 0 aliphatic heterocycles. The third-order valence-corrected chi connectivity index (χ3v) is 4.67. The number of ketones is 1. The summed E-state index contributed by atoms with van der Waals surface area (Å²) in [6.45, 7) is 4.25. The minimum Gasteiger partial charge on any atom is -0.479 e. The van der Waals surface area contributed by atoms with Crippen LogP contribution in [0.3, 0.4) is 0 Å². The lowest BCUT2D eigenvalue weighted by atomic mass is 10.1. The lowest BCUT2D eigenvalue weighted by Crippen LogP contribution is -2.19. The lowest BCUT2D eigenvalue weighted by Gasteiger charge is -2.08. The fraction of sp³-hybridized carbons (Fsp3) is 0.208. The third kappa shape index (κ3) is 5.52. The Balaban J connectivity index is 1.62. The topological polar surface area (TPSA) is 81.4 Å². The van der Waals surface area contributed by atoms with Crippen molar-refractivity contribution in [1.82, 2.24) is 9.55 Å². The number of aromatic nitrogens is 2. The summed E-state index contributed by atoms with van der Waals surface area (Å²) in [7, 11) is 0. The summed E-state index contributed by atoms with van der Waals surface area (Å²) in [5.41, 5.74) is 3.74. The van der Waals surface area contributed by atoms with Gasteiger partial charge in [-0.2, -0.15) is 0 Å². The van der Waals surface area contributed by atoms with Gasteiger partial charge in [-0.25, -0.2) is 9.78 Å². The van der Waals surface area contributed by atoms with Crippen molar-refractivity contribution in [3.8, 4) is 0 Å². The number of benzene rings is 2. The molecule has 30 heavy (non-hydrogen) atoms. The van der Waals surface area contributed by atoms with Crippen molar-refractivity contribution >= 4 is 17.8 Å². The van der Waals surface area contributed by atoms with Gasteiger partial charge in [0.15, 0.2) is 11.9 Å². The van der Waals surface area contributed by atoms with Crippen LogP contribution in [0.4, 0.5) is 0 Å².